The zero-order valence-electron chi connectivity index (χ0n) is 18.1. The molecule has 0 aliphatic heterocycles. The van der Waals surface area contributed by atoms with Gasteiger partial charge in [-0.15, -0.1) is 0 Å². The second kappa shape index (κ2) is 8.45. The van der Waals surface area contributed by atoms with Gasteiger partial charge in [0.05, 0.1) is 21.1 Å². The van der Waals surface area contributed by atoms with Crippen molar-refractivity contribution >= 4 is 27.2 Å². The third-order valence-electron chi connectivity index (χ3n) is 5.92. The minimum Gasteiger partial charge on any atom is -1.00 e. The Morgan fingerprint density at radius 1 is 0.516 bits per heavy atom. The number of benzene rings is 5. The Hall–Kier alpha value is -2.69. The lowest BCUT2D eigenvalue weighted by molar-refractivity contribution is -0.00000596. The molecule has 1 nitrogen and oxygen atoms in total. The largest absolute Gasteiger partial charge is 1.00 e. The van der Waals surface area contributed by atoms with Gasteiger partial charge in [0.1, 0.15) is 5.69 Å². The molecule has 0 unspecified atom stereocenters. The molecule has 0 saturated heterocycles. The molecular weight excluding hydrogens is 489 g/mol. The summed E-state index contributed by atoms with van der Waals surface area (Å²) < 4.78 is 0.800. The van der Waals surface area contributed by atoms with Crippen molar-refractivity contribution in [2.24, 2.45) is 0 Å². The van der Waals surface area contributed by atoms with Crippen molar-refractivity contribution in [3.05, 3.63) is 103 Å². The number of fused-ring (bicyclic) bond motifs is 2. The Balaban J connectivity index is 0.00000231. The molecule has 0 N–H and O–H groups in total. The fourth-order valence-electron chi connectivity index (χ4n) is 4.36. The standard InChI is InChI=1S/C29H26N.HI/c1-30(2,3)24-15-6-14-23(20-24)26-17-8-12-22-13-9-19-28(29(22)26)27-18-7-11-21-10-4-5-16-25(21)27;/h4-20H,1-3H3;1H/q+1;/p-1. The van der Waals surface area contributed by atoms with E-state index in [1.54, 1.807) is 0 Å². The average molecular weight is 515 g/mol. The van der Waals surface area contributed by atoms with Crippen LogP contribution in [0.5, 0.6) is 0 Å². The molecule has 0 amide bonds. The van der Waals surface area contributed by atoms with Gasteiger partial charge in [0.2, 0.25) is 0 Å². The maximum absolute atomic E-state index is 2.33. The minimum absolute atomic E-state index is 0. The number of hydrogen-bond donors (Lipinski definition) is 0. The summed E-state index contributed by atoms with van der Waals surface area (Å²) in [5.74, 6) is 0. The van der Waals surface area contributed by atoms with Gasteiger partial charge in [-0.2, -0.15) is 0 Å². The van der Waals surface area contributed by atoms with E-state index in [0.717, 1.165) is 4.48 Å². The third kappa shape index (κ3) is 3.98. The maximum Gasteiger partial charge on any atom is 0.132 e. The van der Waals surface area contributed by atoms with E-state index in [2.05, 4.69) is 124 Å². The average Bonchev–Trinajstić information content (AvgIpc) is 2.77. The molecule has 0 atom stereocenters. The van der Waals surface area contributed by atoms with Gasteiger partial charge in [0, 0.05) is 6.07 Å². The fraction of sp³-hybridized carbons (Fsp3) is 0.103. The van der Waals surface area contributed by atoms with E-state index in [1.165, 1.54) is 49.5 Å². The van der Waals surface area contributed by atoms with Crippen LogP contribution in [0.15, 0.2) is 103 Å². The lowest BCUT2D eigenvalue weighted by Gasteiger charge is -2.24. The highest BCUT2D eigenvalue weighted by molar-refractivity contribution is 6.11. The Morgan fingerprint density at radius 3 is 1.84 bits per heavy atom. The highest BCUT2D eigenvalue weighted by atomic mass is 127. The number of nitrogens with zero attached hydrogens (tertiary/aromatic N) is 1. The topological polar surface area (TPSA) is 0 Å². The van der Waals surface area contributed by atoms with Gasteiger partial charge in [0.15, 0.2) is 0 Å². The maximum atomic E-state index is 2.33. The van der Waals surface area contributed by atoms with Crippen molar-refractivity contribution in [2.75, 3.05) is 21.1 Å². The van der Waals surface area contributed by atoms with Crippen molar-refractivity contribution in [3.63, 3.8) is 0 Å². The van der Waals surface area contributed by atoms with Crippen LogP contribution in [0.4, 0.5) is 5.69 Å². The summed E-state index contributed by atoms with van der Waals surface area (Å²) >= 11 is 0. The lowest BCUT2D eigenvalue weighted by Crippen LogP contribution is -3.00. The normalized spacial score (nSPS) is 11.5. The molecule has 31 heavy (non-hydrogen) atoms. The van der Waals surface area contributed by atoms with Crippen LogP contribution in [-0.2, 0) is 0 Å². The van der Waals surface area contributed by atoms with Crippen molar-refractivity contribution in [3.8, 4) is 22.3 Å². The molecule has 154 valence electrons. The molecular formula is C29H26IN. The number of rotatable bonds is 3. The Bertz CT molecular complexity index is 1370. The Kier molecular flexibility index (Phi) is 5.87. The summed E-state index contributed by atoms with van der Waals surface area (Å²) in [6.45, 7) is 0. The third-order valence-corrected chi connectivity index (χ3v) is 5.92. The summed E-state index contributed by atoms with van der Waals surface area (Å²) in [5, 5.41) is 5.16. The molecule has 0 saturated carbocycles. The summed E-state index contributed by atoms with van der Waals surface area (Å²) in [4.78, 5) is 0. The van der Waals surface area contributed by atoms with E-state index >= 15 is 0 Å². The van der Waals surface area contributed by atoms with Crippen LogP contribution >= 0.6 is 0 Å². The van der Waals surface area contributed by atoms with E-state index in [4.69, 9.17) is 0 Å². The van der Waals surface area contributed by atoms with Gasteiger partial charge in [0.25, 0.3) is 0 Å². The number of quaternary nitrogens is 1. The van der Waals surface area contributed by atoms with Crippen LogP contribution in [0.3, 0.4) is 0 Å². The van der Waals surface area contributed by atoms with Crippen LogP contribution in [0, 0.1) is 0 Å². The number of halogens is 1. The first-order chi connectivity index (χ1) is 14.5. The monoisotopic (exact) mass is 515 g/mol. The quantitative estimate of drug-likeness (QED) is 0.245. The van der Waals surface area contributed by atoms with Gasteiger partial charge in [-0.05, 0) is 49.9 Å². The SMILES string of the molecule is C[N+](C)(C)c1cccc(-c2cccc3cccc(-c4cccc5ccccc45)c23)c1.[I-]. The van der Waals surface area contributed by atoms with Gasteiger partial charge in [-0.1, -0.05) is 91.0 Å². The lowest BCUT2D eigenvalue weighted by atomic mass is 9.89. The highest BCUT2D eigenvalue weighted by Crippen LogP contribution is 2.39. The van der Waals surface area contributed by atoms with Crippen LogP contribution in [0.25, 0.3) is 43.8 Å². The fourth-order valence-corrected chi connectivity index (χ4v) is 4.36. The summed E-state index contributed by atoms with van der Waals surface area (Å²) in [5.41, 5.74) is 6.42. The van der Waals surface area contributed by atoms with Gasteiger partial charge in [-0.3, -0.25) is 4.48 Å². The van der Waals surface area contributed by atoms with Gasteiger partial charge < -0.3 is 24.0 Å². The predicted octanol–water partition coefficient (Wildman–Crippen LogP) is 4.53. The molecule has 0 aliphatic rings. The molecule has 2 heteroatoms. The highest BCUT2D eigenvalue weighted by Gasteiger charge is 2.16. The second-order valence-corrected chi connectivity index (χ2v) is 8.80. The molecule has 0 fully saturated rings. The molecule has 0 bridgehead atoms. The molecule has 5 aromatic rings. The van der Waals surface area contributed by atoms with Crippen LogP contribution < -0.4 is 28.5 Å². The molecule has 5 aromatic carbocycles. The van der Waals surface area contributed by atoms with E-state index in [0.29, 0.717) is 0 Å². The van der Waals surface area contributed by atoms with Crippen LogP contribution in [0.2, 0.25) is 0 Å². The molecule has 0 aromatic heterocycles. The van der Waals surface area contributed by atoms with Crippen molar-refractivity contribution in [1.29, 1.82) is 0 Å². The first-order valence-corrected chi connectivity index (χ1v) is 10.4. The molecule has 0 spiro atoms. The van der Waals surface area contributed by atoms with E-state index in [9.17, 15) is 0 Å². The first-order valence-electron chi connectivity index (χ1n) is 10.4. The Morgan fingerprint density at radius 2 is 1.10 bits per heavy atom. The summed E-state index contributed by atoms with van der Waals surface area (Å²) in [6, 6.07) is 37.5. The zero-order chi connectivity index (χ0) is 20.7. The Labute approximate surface area is 201 Å². The van der Waals surface area contributed by atoms with Crippen LogP contribution in [-0.4, -0.2) is 21.1 Å². The summed E-state index contributed by atoms with van der Waals surface area (Å²) in [6.07, 6.45) is 0. The van der Waals surface area contributed by atoms with Crippen LogP contribution in [0.1, 0.15) is 0 Å². The molecule has 0 aliphatic carbocycles. The van der Waals surface area contributed by atoms with Crippen molar-refractivity contribution < 1.29 is 24.0 Å². The van der Waals surface area contributed by atoms with Crippen molar-refractivity contribution in [2.45, 2.75) is 0 Å². The van der Waals surface area contributed by atoms with E-state index in [-0.39, 0.29) is 24.0 Å². The second-order valence-electron chi connectivity index (χ2n) is 8.80. The van der Waals surface area contributed by atoms with Gasteiger partial charge >= 0.3 is 0 Å². The number of hydrogen-bond acceptors (Lipinski definition) is 0. The minimum atomic E-state index is 0. The van der Waals surface area contributed by atoms with E-state index in [1.807, 2.05) is 0 Å². The summed E-state index contributed by atoms with van der Waals surface area (Å²) in [7, 11) is 6.64. The van der Waals surface area contributed by atoms with Gasteiger partial charge in [-0.25, -0.2) is 0 Å². The molecule has 0 heterocycles. The molecule has 0 radical (unpaired) electrons. The molecule has 5 rings (SSSR count). The zero-order valence-corrected chi connectivity index (χ0v) is 20.3. The van der Waals surface area contributed by atoms with Crippen molar-refractivity contribution in [1.82, 2.24) is 4.48 Å². The van der Waals surface area contributed by atoms with E-state index < -0.39 is 0 Å². The predicted molar refractivity (Wildman–Crippen MR) is 132 cm³/mol. The first kappa shape index (κ1) is 21.5. The smallest absolute Gasteiger partial charge is 0.132 e.